The fourth-order valence-corrected chi connectivity index (χ4v) is 4.04. The molecule has 0 radical (unpaired) electrons. The predicted octanol–water partition coefficient (Wildman–Crippen LogP) is 6.13. The summed E-state index contributed by atoms with van der Waals surface area (Å²) in [5.74, 6) is 0.847. The molecule has 0 aliphatic heterocycles. The van der Waals surface area contributed by atoms with E-state index in [0.717, 1.165) is 28.8 Å². The van der Waals surface area contributed by atoms with Gasteiger partial charge in [-0.15, -0.1) is 0 Å². The molecule has 36 heavy (non-hydrogen) atoms. The number of hydrogen-bond acceptors (Lipinski definition) is 4. The summed E-state index contributed by atoms with van der Waals surface area (Å²) in [4.78, 5) is 12.8. The Morgan fingerprint density at radius 2 is 1.53 bits per heavy atom. The maximum atomic E-state index is 12.9. The van der Waals surface area contributed by atoms with Gasteiger partial charge in [0, 0.05) is 18.1 Å². The first-order valence-corrected chi connectivity index (χ1v) is 11.6. The lowest BCUT2D eigenvalue weighted by Crippen LogP contribution is -2.38. The number of carbonyl (C=O) groups is 1. The molecule has 9 heteroatoms. The third-order valence-corrected chi connectivity index (χ3v) is 6.14. The number of likely N-dealkylation sites (N-methyl/N-ethyl adjacent to an activating group) is 1. The van der Waals surface area contributed by atoms with Crippen molar-refractivity contribution in [1.29, 1.82) is 0 Å². The normalized spacial score (nSPS) is 13.1. The van der Waals surface area contributed by atoms with Crippen LogP contribution in [0.25, 0.3) is 0 Å². The van der Waals surface area contributed by atoms with E-state index in [2.05, 4.69) is 10.6 Å². The Labute approximate surface area is 213 Å². The molecular weight excluding hydrogens is 493 g/mol. The monoisotopic (exact) mass is 520 g/mol. The summed E-state index contributed by atoms with van der Waals surface area (Å²) in [5.41, 5.74) is 1.61. The largest absolute Gasteiger partial charge is 0.493 e. The molecule has 0 fully saturated rings. The highest BCUT2D eigenvalue weighted by Crippen LogP contribution is 2.33. The van der Waals surface area contributed by atoms with Crippen molar-refractivity contribution in [2.24, 2.45) is 0 Å². The van der Waals surface area contributed by atoms with Gasteiger partial charge < -0.3 is 14.8 Å². The van der Waals surface area contributed by atoms with Gasteiger partial charge in [0.2, 0.25) is 5.91 Å². The SMILES string of the molecule is CNC(=O)C(N[C@H](CCc1ccc(C(F)(F)F)cc1)c1ccc(OC)c(OC)c1)c1ccc(Cl)cc1. The number of carbonyl (C=O) groups excluding carboxylic acids is 1. The number of rotatable bonds is 10. The number of alkyl halides is 3. The van der Waals surface area contributed by atoms with Crippen molar-refractivity contribution < 1.29 is 27.4 Å². The van der Waals surface area contributed by atoms with Gasteiger partial charge in [-0.3, -0.25) is 10.1 Å². The van der Waals surface area contributed by atoms with Crippen LogP contribution in [0, 0.1) is 0 Å². The molecule has 0 saturated heterocycles. The Morgan fingerprint density at radius 3 is 2.08 bits per heavy atom. The fourth-order valence-electron chi connectivity index (χ4n) is 3.91. The van der Waals surface area contributed by atoms with Gasteiger partial charge in [0.15, 0.2) is 11.5 Å². The number of amides is 1. The van der Waals surface area contributed by atoms with Gasteiger partial charge in [0.1, 0.15) is 6.04 Å². The zero-order chi connectivity index (χ0) is 26.3. The smallest absolute Gasteiger partial charge is 0.416 e. The van der Waals surface area contributed by atoms with Crippen molar-refractivity contribution in [2.45, 2.75) is 31.1 Å². The van der Waals surface area contributed by atoms with E-state index in [9.17, 15) is 18.0 Å². The number of halogens is 4. The number of hydrogen-bond donors (Lipinski definition) is 2. The average Bonchev–Trinajstić information content (AvgIpc) is 2.88. The van der Waals surface area contributed by atoms with E-state index in [1.54, 1.807) is 44.5 Å². The van der Waals surface area contributed by atoms with E-state index in [1.165, 1.54) is 19.2 Å². The summed E-state index contributed by atoms with van der Waals surface area (Å²) < 4.78 is 49.6. The highest BCUT2D eigenvalue weighted by molar-refractivity contribution is 6.30. The van der Waals surface area contributed by atoms with E-state index < -0.39 is 17.8 Å². The Bertz CT molecular complexity index is 1150. The molecule has 0 spiro atoms. The zero-order valence-corrected chi connectivity index (χ0v) is 20.9. The van der Waals surface area contributed by atoms with Crippen LogP contribution in [-0.4, -0.2) is 27.2 Å². The van der Waals surface area contributed by atoms with Crippen LogP contribution >= 0.6 is 11.6 Å². The van der Waals surface area contributed by atoms with Gasteiger partial charge in [-0.25, -0.2) is 0 Å². The second-order valence-electron chi connectivity index (χ2n) is 8.17. The Hall–Kier alpha value is -3.23. The quantitative estimate of drug-likeness (QED) is 0.338. The summed E-state index contributed by atoms with van der Waals surface area (Å²) in [6, 6.07) is 16.5. The topological polar surface area (TPSA) is 59.6 Å². The number of methoxy groups -OCH3 is 2. The molecule has 3 rings (SSSR count). The summed E-state index contributed by atoms with van der Waals surface area (Å²) in [5, 5.41) is 6.65. The average molecular weight is 521 g/mol. The van der Waals surface area contributed by atoms with Crippen LogP contribution < -0.4 is 20.1 Å². The van der Waals surface area contributed by atoms with E-state index in [0.29, 0.717) is 29.4 Å². The van der Waals surface area contributed by atoms with E-state index in [1.807, 2.05) is 12.1 Å². The van der Waals surface area contributed by atoms with Crippen LogP contribution in [0.3, 0.4) is 0 Å². The molecule has 1 unspecified atom stereocenters. The summed E-state index contributed by atoms with van der Waals surface area (Å²) >= 11 is 6.03. The minimum Gasteiger partial charge on any atom is -0.493 e. The van der Waals surface area contributed by atoms with Crippen LogP contribution in [0.15, 0.2) is 66.7 Å². The summed E-state index contributed by atoms with van der Waals surface area (Å²) in [6.07, 6.45) is -3.41. The van der Waals surface area contributed by atoms with Crippen LogP contribution in [0.5, 0.6) is 11.5 Å². The molecular formula is C27H28ClF3N2O3. The van der Waals surface area contributed by atoms with Gasteiger partial charge in [0.05, 0.1) is 19.8 Å². The van der Waals surface area contributed by atoms with E-state index in [4.69, 9.17) is 21.1 Å². The Kier molecular flexibility index (Phi) is 9.23. The molecule has 0 aromatic heterocycles. The molecule has 1 amide bonds. The van der Waals surface area contributed by atoms with Crippen molar-refractivity contribution in [1.82, 2.24) is 10.6 Å². The Morgan fingerprint density at radius 1 is 0.917 bits per heavy atom. The van der Waals surface area contributed by atoms with Crippen LogP contribution in [0.1, 0.15) is 40.8 Å². The number of benzene rings is 3. The van der Waals surface area contributed by atoms with Crippen molar-refractivity contribution in [2.75, 3.05) is 21.3 Å². The molecule has 0 saturated carbocycles. The fraction of sp³-hybridized carbons (Fsp3) is 0.296. The first-order chi connectivity index (χ1) is 17.2. The lowest BCUT2D eigenvalue weighted by Gasteiger charge is -2.26. The third kappa shape index (κ3) is 6.92. The number of aryl methyl sites for hydroxylation is 1. The molecule has 2 N–H and O–H groups in total. The van der Waals surface area contributed by atoms with Crippen molar-refractivity contribution in [3.8, 4) is 11.5 Å². The van der Waals surface area contributed by atoms with Gasteiger partial charge in [-0.1, -0.05) is 41.9 Å². The van der Waals surface area contributed by atoms with Gasteiger partial charge in [0.25, 0.3) is 0 Å². The maximum Gasteiger partial charge on any atom is 0.416 e. The number of nitrogens with one attached hydrogen (secondary N) is 2. The molecule has 5 nitrogen and oxygen atoms in total. The zero-order valence-electron chi connectivity index (χ0n) is 20.2. The minimum absolute atomic E-state index is 0.239. The maximum absolute atomic E-state index is 12.9. The first-order valence-electron chi connectivity index (χ1n) is 11.3. The molecule has 0 heterocycles. The van der Waals surface area contributed by atoms with Crippen molar-refractivity contribution in [3.63, 3.8) is 0 Å². The lowest BCUT2D eigenvalue weighted by atomic mass is 9.95. The highest BCUT2D eigenvalue weighted by Gasteiger charge is 2.30. The van der Waals surface area contributed by atoms with Gasteiger partial charge in [-0.05, 0) is 65.9 Å². The molecule has 3 aromatic rings. The molecule has 0 bridgehead atoms. The van der Waals surface area contributed by atoms with Crippen LogP contribution in [0.2, 0.25) is 5.02 Å². The Balaban J connectivity index is 1.93. The van der Waals surface area contributed by atoms with Crippen LogP contribution in [-0.2, 0) is 17.4 Å². The molecule has 0 aliphatic carbocycles. The molecule has 192 valence electrons. The molecule has 2 atom stereocenters. The summed E-state index contributed by atoms with van der Waals surface area (Å²) in [6.45, 7) is 0. The number of ether oxygens (including phenoxy) is 2. The lowest BCUT2D eigenvalue weighted by molar-refractivity contribution is -0.137. The minimum atomic E-state index is -4.39. The van der Waals surface area contributed by atoms with Crippen molar-refractivity contribution >= 4 is 17.5 Å². The highest BCUT2D eigenvalue weighted by atomic mass is 35.5. The van der Waals surface area contributed by atoms with E-state index >= 15 is 0 Å². The second kappa shape index (κ2) is 12.1. The molecule has 3 aromatic carbocycles. The van der Waals surface area contributed by atoms with Gasteiger partial charge >= 0.3 is 6.18 Å². The second-order valence-corrected chi connectivity index (χ2v) is 8.60. The standard InChI is InChI=1S/C27H28ClF3N2O3/c1-32-26(34)25(18-7-12-21(28)13-8-18)33-22(19-9-15-23(35-2)24(16-19)36-3)14-6-17-4-10-20(11-5-17)27(29,30)31/h4-5,7-13,15-16,22,25,33H,6,14H2,1-3H3,(H,32,34)/t22-,25?/m1/s1. The molecule has 0 aliphatic rings. The van der Waals surface area contributed by atoms with Crippen molar-refractivity contribution in [3.05, 3.63) is 94.0 Å². The summed E-state index contributed by atoms with van der Waals surface area (Å²) in [7, 11) is 4.63. The van der Waals surface area contributed by atoms with E-state index in [-0.39, 0.29) is 11.9 Å². The third-order valence-electron chi connectivity index (χ3n) is 5.89. The first kappa shape index (κ1) is 27.4. The predicted molar refractivity (Wildman–Crippen MR) is 133 cm³/mol. The van der Waals surface area contributed by atoms with Gasteiger partial charge in [-0.2, -0.15) is 13.2 Å². The van der Waals surface area contributed by atoms with Crippen LogP contribution in [0.4, 0.5) is 13.2 Å².